The molecule has 4 heteroatoms. The lowest BCUT2D eigenvalue weighted by Crippen LogP contribution is -2.28. The van der Waals surface area contributed by atoms with Gasteiger partial charge >= 0.3 is 0 Å². The average Bonchev–Trinajstić information content (AvgIpc) is 2.44. The van der Waals surface area contributed by atoms with Crippen molar-refractivity contribution < 1.29 is 14.7 Å². The number of amides is 2. The molecule has 1 N–H and O–H groups in total. The number of rotatable bonds is 1. The van der Waals surface area contributed by atoms with E-state index in [2.05, 4.69) is 6.58 Å². The number of aromatic hydroxyl groups is 1. The quantitative estimate of drug-likeness (QED) is 0.551. The maximum absolute atomic E-state index is 11.5. The summed E-state index contributed by atoms with van der Waals surface area (Å²) in [6.07, 6.45) is 0.0692. The van der Waals surface area contributed by atoms with Crippen LogP contribution in [0.1, 0.15) is 6.42 Å². The van der Waals surface area contributed by atoms with Crippen LogP contribution in [0.4, 0.5) is 5.69 Å². The summed E-state index contributed by atoms with van der Waals surface area (Å²) >= 11 is 0. The topological polar surface area (TPSA) is 57.6 Å². The van der Waals surface area contributed by atoms with Crippen LogP contribution in [-0.4, -0.2) is 16.9 Å². The third-order valence-corrected chi connectivity index (χ3v) is 2.23. The summed E-state index contributed by atoms with van der Waals surface area (Å²) in [5, 5.41) is 9.08. The van der Waals surface area contributed by atoms with E-state index in [1.165, 1.54) is 24.3 Å². The normalized spacial score (nSPS) is 16.3. The number of carbonyl (C=O) groups is 2. The van der Waals surface area contributed by atoms with Gasteiger partial charge in [0.25, 0.3) is 5.91 Å². The molecule has 1 saturated heterocycles. The van der Waals surface area contributed by atoms with Gasteiger partial charge in [-0.1, -0.05) is 6.58 Å². The van der Waals surface area contributed by atoms with Crippen LogP contribution in [0.5, 0.6) is 5.75 Å². The lowest BCUT2D eigenvalue weighted by atomic mass is 10.2. The molecule has 1 aliphatic heterocycles. The van der Waals surface area contributed by atoms with E-state index in [9.17, 15) is 9.59 Å². The number of carbonyl (C=O) groups excluding carboxylic acids is 2. The first-order valence-corrected chi connectivity index (χ1v) is 4.43. The Morgan fingerprint density at radius 2 is 1.80 bits per heavy atom. The van der Waals surface area contributed by atoms with Gasteiger partial charge < -0.3 is 5.11 Å². The maximum Gasteiger partial charge on any atom is 0.260 e. The molecule has 2 amide bonds. The summed E-state index contributed by atoms with van der Waals surface area (Å²) in [6.45, 7) is 3.52. The molecule has 0 spiro atoms. The van der Waals surface area contributed by atoms with Gasteiger partial charge in [0, 0.05) is 5.57 Å². The Bertz CT molecular complexity index is 447. The van der Waals surface area contributed by atoms with Gasteiger partial charge in [-0.3, -0.25) is 9.59 Å². The SMILES string of the molecule is C=C1CC(=O)N(c2ccc(O)cc2)C1=O. The van der Waals surface area contributed by atoms with Crippen molar-refractivity contribution in [3.63, 3.8) is 0 Å². The zero-order valence-electron chi connectivity index (χ0n) is 7.93. The third-order valence-electron chi connectivity index (χ3n) is 2.23. The Hall–Kier alpha value is -2.10. The predicted octanol–water partition coefficient (Wildman–Crippen LogP) is 1.21. The number of nitrogens with zero attached hydrogens (tertiary/aromatic N) is 1. The molecular formula is C11H9NO3. The monoisotopic (exact) mass is 203 g/mol. The molecule has 0 aliphatic carbocycles. The minimum absolute atomic E-state index is 0.0692. The van der Waals surface area contributed by atoms with Crippen molar-refractivity contribution in [3.05, 3.63) is 36.4 Å². The summed E-state index contributed by atoms with van der Waals surface area (Å²) in [5.74, 6) is -0.557. The van der Waals surface area contributed by atoms with Crippen LogP contribution in [0.15, 0.2) is 36.4 Å². The average molecular weight is 203 g/mol. The Morgan fingerprint density at radius 1 is 1.20 bits per heavy atom. The van der Waals surface area contributed by atoms with E-state index in [1.807, 2.05) is 0 Å². The number of phenolic OH excluding ortho intramolecular Hbond substituents is 1. The van der Waals surface area contributed by atoms with E-state index >= 15 is 0 Å². The summed E-state index contributed by atoms with van der Waals surface area (Å²) in [5.41, 5.74) is 0.759. The maximum atomic E-state index is 11.5. The molecule has 15 heavy (non-hydrogen) atoms. The van der Waals surface area contributed by atoms with Gasteiger partial charge in [-0.15, -0.1) is 0 Å². The summed E-state index contributed by atoms with van der Waals surface area (Å²) in [7, 11) is 0. The van der Waals surface area contributed by atoms with Crippen LogP contribution in [0, 0.1) is 0 Å². The number of phenols is 1. The van der Waals surface area contributed by atoms with E-state index in [4.69, 9.17) is 5.11 Å². The van der Waals surface area contributed by atoms with Crippen LogP contribution in [-0.2, 0) is 9.59 Å². The van der Waals surface area contributed by atoms with Crippen molar-refractivity contribution >= 4 is 17.5 Å². The Labute approximate surface area is 86.4 Å². The van der Waals surface area contributed by atoms with E-state index in [-0.39, 0.29) is 24.0 Å². The van der Waals surface area contributed by atoms with Gasteiger partial charge in [-0.25, -0.2) is 4.90 Å². The number of benzene rings is 1. The first kappa shape index (κ1) is 9.45. The van der Waals surface area contributed by atoms with Gasteiger partial charge in [-0.2, -0.15) is 0 Å². The van der Waals surface area contributed by atoms with Crippen molar-refractivity contribution in [2.75, 3.05) is 4.90 Å². The molecule has 1 aliphatic rings. The van der Waals surface area contributed by atoms with Crippen LogP contribution < -0.4 is 4.90 Å². The standard InChI is InChI=1S/C11H9NO3/c1-7-6-10(14)12(11(7)15)8-2-4-9(13)5-3-8/h2-5,13H,1,6H2. The zero-order valence-corrected chi connectivity index (χ0v) is 7.93. The van der Waals surface area contributed by atoms with Gasteiger partial charge in [0.05, 0.1) is 12.1 Å². The Balaban J connectivity index is 2.39. The first-order valence-electron chi connectivity index (χ1n) is 4.43. The van der Waals surface area contributed by atoms with Gasteiger partial charge in [-0.05, 0) is 24.3 Å². The molecule has 2 rings (SSSR count). The van der Waals surface area contributed by atoms with Crippen LogP contribution >= 0.6 is 0 Å². The molecule has 1 fully saturated rings. The van der Waals surface area contributed by atoms with Crippen molar-refractivity contribution in [3.8, 4) is 5.75 Å². The fourth-order valence-corrected chi connectivity index (χ4v) is 1.47. The molecule has 0 saturated carbocycles. The highest BCUT2D eigenvalue weighted by molar-refractivity contribution is 6.27. The number of hydrogen-bond donors (Lipinski definition) is 1. The van der Waals surface area contributed by atoms with E-state index in [1.54, 1.807) is 0 Å². The molecule has 0 atom stereocenters. The molecule has 0 radical (unpaired) electrons. The molecule has 1 aromatic rings. The number of anilines is 1. The van der Waals surface area contributed by atoms with Crippen molar-refractivity contribution in [1.29, 1.82) is 0 Å². The fraction of sp³-hybridized carbons (Fsp3) is 0.0909. The Morgan fingerprint density at radius 3 is 2.27 bits per heavy atom. The summed E-state index contributed by atoms with van der Waals surface area (Å²) < 4.78 is 0. The highest BCUT2D eigenvalue weighted by Crippen LogP contribution is 2.26. The lowest BCUT2D eigenvalue weighted by molar-refractivity contribution is -0.120. The second kappa shape index (κ2) is 3.24. The van der Waals surface area contributed by atoms with E-state index < -0.39 is 0 Å². The smallest absolute Gasteiger partial charge is 0.260 e. The second-order valence-corrected chi connectivity index (χ2v) is 3.33. The van der Waals surface area contributed by atoms with E-state index in [0.717, 1.165) is 4.90 Å². The minimum atomic E-state index is -0.370. The largest absolute Gasteiger partial charge is 0.508 e. The zero-order chi connectivity index (χ0) is 11.0. The predicted molar refractivity (Wildman–Crippen MR) is 54.4 cm³/mol. The van der Waals surface area contributed by atoms with Crippen molar-refractivity contribution in [2.24, 2.45) is 0 Å². The minimum Gasteiger partial charge on any atom is -0.508 e. The lowest BCUT2D eigenvalue weighted by Gasteiger charge is -2.12. The second-order valence-electron chi connectivity index (χ2n) is 3.33. The molecule has 76 valence electrons. The molecular weight excluding hydrogens is 194 g/mol. The summed E-state index contributed by atoms with van der Waals surface area (Å²) in [4.78, 5) is 24.1. The molecule has 0 aromatic heterocycles. The molecule has 0 unspecified atom stereocenters. The molecule has 1 heterocycles. The van der Waals surface area contributed by atoms with Gasteiger partial charge in [0.15, 0.2) is 0 Å². The third kappa shape index (κ3) is 1.50. The number of hydrogen-bond acceptors (Lipinski definition) is 3. The van der Waals surface area contributed by atoms with Crippen molar-refractivity contribution in [2.45, 2.75) is 6.42 Å². The van der Waals surface area contributed by atoms with Gasteiger partial charge in [0.1, 0.15) is 5.75 Å². The van der Waals surface area contributed by atoms with Crippen LogP contribution in [0.25, 0.3) is 0 Å². The highest BCUT2D eigenvalue weighted by atomic mass is 16.3. The molecule has 0 bridgehead atoms. The van der Waals surface area contributed by atoms with Crippen LogP contribution in [0.2, 0.25) is 0 Å². The summed E-state index contributed by atoms with van der Waals surface area (Å²) in [6, 6.07) is 5.89. The van der Waals surface area contributed by atoms with Crippen LogP contribution in [0.3, 0.4) is 0 Å². The number of imide groups is 1. The van der Waals surface area contributed by atoms with Crippen molar-refractivity contribution in [1.82, 2.24) is 0 Å². The van der Waals surface area contributed by atoms with Gasteiger partial charge in [0.2, 0.25) is 5.91 Å². The first-order chi connectivity index (χ1) is 7.09. The molecule has 4 nitrogen and oxygen atoms in total. The Kier molecular flexibility index (Phi) is 2.04. The fourth-order valence-electron chi connectivity index (χ4n) is 1.47. The molecule has 1 aromatic carbocycles. The van der Waals surface area contributed by atoms with E-state index in [0.29, 0.717) is 11.3 Å². The highest BCUT2D eigenvalue weighted by Gasteiger charge is 2.33.